The van der Waals surface area contributed by atoms with Gasteiger partial charge in [-0.2, -0.15) is 0 Å². The van der Waals surface area contributed by atoms with Gasteiger partial charge in [0.25, 0.3) is 5.69 Å². The molecule has 0 amide bonds. The molecule has 260 valence electrons. The number of carboxylic acid groups (broad SMARTS) is 1. The third-order valence-electron chi connectivity index (χ3n) is 6.81. The summed E-state index contributed by atoms with van der Waals surface area (Å²) in [6, 6.07) is 24.1. The maximum Gasteiger partial charge on any atom is 0.356 e. The highest BCUT2D eigenvalue weighted by atomic mass is 79.9. The van der Waals surface area contributed by atoms with E-state index in [1.54, 1.807) is 13.0 Å². The summed E-state index contributed by atoms with van der Waals surface area (Å²) >= 11 is 6.84. The summed E-state index contributed by atoms with van der Waals surface area (Å²) in [5.74, 6) is -1.66. The van der Waals surface area contributed by atoms with Gasteiger partial charge in [-0.15, -0.1) is 0 Å². The van der Waals surface area contributed by atoms with Crippen molar-refractivity contribution in [2.24, 2.45) is 10.3 Å². The number of ether oxygens (including phenoxy) is 3. The van der Waals surface area contributed by atoms with Crippen molar-refractivity contribution in [1.82, 2.24) is 0 Å². The number of benzene rings is 4. The van der Waals surface area contributed by atoms with Crippen LogP contribution in [0.2, 0.25) is 0 Å². The van der Waals surface area contributed by atoms with Gasteiger partial charge >= 0.3 is 11.9 Å². The predicted octanol–water partition coefficient (Wildman–Crippen LogP) is 7.80. The number of aliphatic carboxylic acids is 1. The van der Waals surface area contributed by atoms with Crippen LogP contribution in [0, 0.1) is 10.1 Å². The average molecular weight is 813 g/mol. The Bertz CT molecular complexity index is 1890. The summed E-state index contributed by atoms with van der Waals surface area (Å²) in [4.78, 5) is 47.0. The molecule has 0 atom stereocenters. The SMILES string of the molecule is CCOC(=O)/C(Cc1cc(Br)c(Oc2cc(C/C(=N\OCc3ccccc3)C(=O)O)cc(Br)c2OC)cc1[N+](=O)[O-])=N/OCc1ccccc1. The summed E-state index contributed by atoms with van der Waals surface area (Å²) in [6.07, 6.45) is -0.428. The fourth-order valence-corrected chi connectivity index (χ4v) is 5.61. The van der Waals surface area contributed by atoms with E-state index >= 15 is 0 Å². The third-order valence-corrected chi connectivity index (χ3v) is 8.02. The second-order valence-corrected chi connectivity index (χ2v) is 12.1. The average Bonchev–Trinajstić information content (AvgIpc) is 3.09. The van der Waals surface area contributed by atoms with E-state index in [0.29, 0.717) is 14.5 Å². The first-order valence-electron chi connectivity index (χ1n) is 15.0. The molecule has 0 aliphatic carbocycles. The Balaban J connectivity index is 1.61. The fourth-order valence-electron chi connectivity index (χ4n) is 4.48. The molecular weight excluding hydrogens is 782 g/mol. The zero-order valence-corrected chi connectivity index (χ0v) is 30.0. The summed E-state index contributed by atoms with van der Waals surface area (Å²) in [5, 5.41) is 29.8. The van der Waals surface area contributed by atoms with Crippen LogP contribution < -0.4 is 9.47 Å². The summed E-state index contributed by atoms with van der Waals surface area (Å²) in [7, 11) is 1.41. The van der Waals surface area contributed by atoms with Gasteiger partial charge in [0.05, 0.1) is 33.7 Å². The van der Waals surface area contributed by atoms with E-state index in [4.69, 9.17) is 23.9 Å². The molecule has 0 aliphatic heterocycles. The first-order valence-corrected chi connectivity index (χ1v) is 16.5. The van der Waals surface area contributed by atoms with Crippen LogP contribution in [0.4, 0.5) is 5.69 Å². The number of nitrogens with zero attached hydrogens (tertiary/aromatic N) is 3. The van der Waals surface area contributed by atoms with Crippen molar-refractivity contribution in [3.8, 4) is 17.2 Å². The quantitative estimate of drug-likeness (QED) is 0.0481. The first-order chi connectivity index (χ1) is 24.1. The van der Waals surface area contributed by atoms with Gasteiger partial charge in [0, 0.05) is 18.4 Å². The molecule has 13 nitrogen and oxygen atoms in total. The molecule has 15 heteroatoms. The summed E-state index contributed by atoms with van der Waals surface area (Å²) < 4.78 is 17.5. The van der Waals surface area contributed by atoms with Crippen LogP contribution in [0.1, 0.15) is 29.2 Å². The Labute approximate surface area is 303 Å². The Kier molecular flexibility index (Phi) is 13.9. The fraction of sp³-hybridized carbons (Fsp3) is 0.200. The lowest BCUT2D eigenvalue weighted by Gasteiger charge is -2.16. The summed E-state index contributed by atoms with van der Waals surface area (Å²) in [5.41, 5.74) is 1.41. The number of hydrogen-bond donors (Lipinski definition) is 1. The second kappa shape index (κ2) is 18.5. The maximum absolute atomic E-state index is 12.7. The topological polar surface area (TPSA) is 168 Å². The normalized spacial score (nSPS) is 11.4. The number of nitro benzene ring substituents is 1. The predicted molar refractivity (Wildman–Crippen MR) is 191 cm³/mol. The number of esters is 1. The van der Waals surface area contributed by atoms with E-state index in [1.807, 2.05) is 60.7 Å². The zero-order valence-electron chi connectivity index (χ0n) is 26.8. The van der Waals surface area contributed by atoms with Crippen molar-refractivity contribution in [2.75, 3.05) is 13.7 Å². The zero-order chi connectivity index (χ0) is 36.0. The van der Waals surface area contributed by atoms with Crippen molar-refractivity contribution < 1.29 is 43.5 Å². The lowest BCUT2D eigenvalue weighted by molar-refractivity contribution is -0.385. The van der Waals surface area contributed by atoms with Gasteiger partial charge in [-0.3, -0.25) is 10.1 Å². The second-order valence-electron chi connectivity index (χ2n) is 10.4. The van der Waals surface area contributed by atoms with Gasteiger partial charge in [0.15, 0.2) is 22.9 Å². The van der Waals surface area contributed by atoms with Crippen LogP contribution in [0.3, 0.4) is 0 Å². The molecule has 0 fully saturated rings. The smallest absolute Gasteiger partial charge is 0.356 e. The van der Waals surface area contributed by atoms with Crippen LogP contribution in [0.25, 0.3) is 0 Å². The Hall–Kier alpha value is -5.28. The number of methoxy groups -OCH3 is 1. The molecule has 50 heavy (non-hydrogen) atoms. The molecule has 0 spiro atoms. The minimum absolute atomic E-state index is 0.0380. The Morgan fingerprint density at radius 2 is 1.40 bits per heavy atom. The van der Waals surface area contributed by atoms with Crippen LogP contribution in [0.5, 0.6) is 17.2 Å². The number of carbonyl (C=O) groups excluding carboxylic acids is 1. The molecule has 0 bridgehead atoms. The van der Waals surface area contributed by atoms with E-state index in [2.05, 4.69) is 42.2 Å². The maximum atomic E-state index is 12.7. The van der Waals surface area contributed by atoms with Gasteiger partial charge < -0.3 is 29.0 Å². The molecule has 1 N–H and O–H groups in total. The molecule has 0 unspecified atom stereocenters. The highest BCUT2D eigenvalue weighted by Gasteiger charge is 2.25. The van der Waals surface area contributed by atoms with Gasteiger partial charge in [0.2, 0.25) is 0 Å². The summed E-state index contributed by atoms with van der Waals surface area (Å²) in [6.45, 7) is 1.84. The number of halogens is 2. The number of hydrogen-bond acceptors (Lipinski definition) is 11. The highest BCUT2D eigenvalue weighted by Crippen LogP contribution is 2.42. The Morgan fingerprint density at radius 3 is 1.94 bits per heavy atom. The molecular formula is C35H31Br2N3O10. The molecule has 0 radical (unpaired) electrons. The van der Waals surface area contributed by atoms with E-state index in [0.717, 1.165) is 11.1 Å². The number of rotatable bonds is 17. The molecule has 0 aliphatic rings. The van der Waals surface area contributed by atoms with E-state index in [9.17, 15) is 24.8 Å². The minimum Gasteiger partial charge on any atom is -0.492 e. The molecule has 0 saturated heterocycles. The number of carbonyl (C=O) groups is 2. The number of carboxylic acids is 1. The molecule has 0 saturated carbocycles. The monoisotopic (exact) mass is 811 g/mol. The molecule has 4 aromatic carbocycles. The standard InChI is InChI=1S/C35H31Br2N3O10/c1-3-47-35(43)29(39-49-21-23-12-8-5-9-13-23)18-25-17-26(36)31(19-30(25)40(44)45)50-32-16-24(14-27(37)33(32)46-2)15-28(34(41)42)38-48-20-22-10-6-4-7-11-22/h4-14,16-17,19H,3,15,18,20-21H2,1-2H3,(H,41,42)/b38-28+,39-29+. The van der Waals surface area contributed by atoms with E-state index in [1.165, 1.54) is 25.3 Å². The van der Waals surface area contributed by atoms with Crippen LogP contribution in [-0.2, 0) is 50.1 Å². The van der Waals surface area contributed by atoms with Crippen LogP contribution in [-0.4, -0.2) is 47.1 Å². The van der Waals surface area contributed by atoms with Crippen LogP contribution in [0.15, 0.2) is 104 Å². The van der Waals surface area contributed by atoms with Gasteiger partial charge in [-0.1, -0.05) is 71.0 Å². The molecule has 4 rings (SSSR count). The first kappa shape index (κ1) is 37.5. The number of oxime groups is 2. The van der Waals surface area contributed by atoms with Crippen molar-refractivity contribution in [2.45, 2.75) is 33.0 Å². The third kappa shape index (κ3) is 10.6. The van der Waals surface area contributed by atoms with Gasteiger partial charge in [-0.25, -0.2) is 9.59 Å². The Morgan fingerprint density at radius 1 is 0.800 bits per heavy atom. The van der Waals surface area contributed by atoms with Crippen molar-refractivity contribution >= 4 is 60.9 Å². The van der Waals surface area contributed by atoms with Crippen molar-refractivity contribution in [1.29, 1.82) is 0 Å². The van der Waals surface area contributed by atoms with Gasteiger partial charge in [0.1, 0.15) is 19.0 Å². The number of nitro groups is 1. The lowest BCUT2D eigenvalue weighted by atomic mass is 10.1. The molecule has 4 aromatic rings. The van der Waals surface area contributed by atoms with Crippen molar-refractivity contribution in [3.63, 3.8) is 0 Å². The van der Waals surface area contributed by atoms with Gasteiger partial charge in [-0.05, 0) is 73.7 Å². The van der Waals surface area contributed by atoms with E-state index < -0.39 is 16.9 Å². The van der Waals surface area contributed by atoms with Crippen molar-refractivity contribution in [3.05, 3.63) is 126 Å². The lowest BCUT2D eigenvalue weighted by Crippen LogP contribution is -2.21. The molecule has 0 heterocycles. The largest absolute Gasteiger partial charge is 0.492 e. The van der Waals surface area contributed by atoms with E-state index in [-0.39, 0.29) is 72.6 Å². The highest BCUT2D eigenvalue weighted by molar-refractivity contribution is 9.11. The van der Waals surface area contributed by atoms with Crippen LogP contribution >= 0.6 is 31.9 Å². The minimum atomic E-state index is -1.28. The molecule has 0 aromatic heterocycles.